The van der Waals surface area contributed by atoms with Gasteiger partial charge in [0.2, 0.25) is 0 Å². The van der Waals surface area contributed by atoms with Crippen molar-refractivity contribution in [2.45, 2.75) is 0 Å². The maximum Gasteiger partial charge on any atom is 0.696 e. The highest BCUT2D eigenvalue weighted by Gasteiger charge is 2.10. The van der Waals surface area contributed by atoms with E-state index >= 15 is 0 Å². The van der Waals surface area contributed by atoms with Gasteiger partial charge >= 0.3 is 25.5 Å². The minimum absolute atomic E-state index is 1.05. The van der Waals surface area contributed by atoms with E-state index in [0.29, 0.717) is 0 Å². The van der Waals surface area contributed by atoms with Crippen LogP contribution in [0.2, 0.25) is 0 Å². The Hall–Kier alpha value is 0.640. The second kappa shape index (κ2) is 20.9. The van der Waals surface area contributed by atoms with E-state index in [0.717, 1.165) is 0 Å². The molecule has 0 rings (SSSR count). The molecule has 0 aromatic heterocycles. The van der Waals surface area contributed by atoms with Crippen LogP contribution >= 0.6 is 25.5 Å². The normalized spacial score (nSPS) is 9.58. The summed E-state index contributed by atoms with van der Waals surface area (Å²) in [6.07, 6.45) is 0. The number of rotatable bonds is 7. The van der Waals surface area contributed by atoms with Gasteiger partial charge in [-0.1, -0.05) is 0 Å². The lowest BCUT2D eigenvalue weighted by Crippen LogP contribution is -1.81. The highest BCUT2D eigenvalue weighted by atomic mass is 31.2. The Kier molecular flexibility index (Phi) is 27.2. The summed E-state index contributed by atoms with van der Waals surface area (Å²) in [5.74, 6) is 0. The molecule has 0 aliphatic carbocycles. The molecule has 12 heteroatoms. The van der Waals surface area contributed by atoms with Crippen LogP contribution < -0.4 is 0 Å². The summed E-state index contributed by atoms with van der Waals surface area (Å²) in [6, 6.07) is 0. The Balaban J connectivity index is -0.000000203. The van der Waals surface area contributed by atoms with Crippen LogP contribution in [0, 0.1) is 0 Å². The molecule has 19 heavy (non-hydrogen) atoms. The van der Waals surface area contributed by atoms with Crippen LogP contribution in [0.15, 0.2) is 0 Å². The molecule has 0 amide bonds. The van der Waals surface area contributed by atoms with Gasteiger partial charge in [-0.2, -0.15) is 0 Å². The molecule has 0 radical (unpaired) electrons. The van der Waals surface area contributed by atoms with Crippen LogP contribution in [0.3, 0.4) is 0 Å². The highest BCUT2D eigenvalue weighted by Crippen LogP contribution is 2.35. The monoisotopic (exact) mass is 343 g/mol. The molecule has 0 saturated heterocycles. The third kappa shape index (κ3) is 24.1. The zero-order chi connectivity index (χ0) is 15.7. The van der Waals surface area contributed by atoms with Crippen molar-refractivity contribution >= 4 is 25.5 Å². The lowest BCUT2D eigenvalue weighted by Gasteiger charge is -2.05. The first-order chi connectivity index (χ1) is 8.96. The lowest BCUT2D eigenvalue weighted by molar-refractivity contribution is 0.239. The molecule has 0 heterocycles. The second-order valence-corrected chi connectivity index (χ2v) is 5.89. The van der Waals surface area contributed by atoms with E-state index < -0.39 is 25.5 Å². The molecule has 0 aromatic rings. The fourth-order valence-electron chi connectivity index (χ4n) is 0.373. The molecule has 0 aromatic carbocycles. The van der Waals surface area contributed by atoms with E-state index in [-0.39, 0.29) is 0 Å². The number of hydrogen-bond donors (Lipinski definition) is 1. The summed E-state index contributed by atoms with van der Waals surface area (Å²) in [4.78, 5) is 8.29. The molecule has 0 bridgehead atoms. The van der Waals surface area contributed by atoms with Crippen LogP contribution in [-0.2, 0) is 36.2 Å². The van der Waals surface area contributed by atoms with E-state index in [2.05, 4.69) is 31.7 Å². The number of hydrogen-bond acceptors (Lipinski definition) is 9. The van der Waals surface area contributed by atoms with Gasteiger partial charge in [-0.3, -0.25) is 0 Å². The van der Waals surface area contributed by atoms with Gasteiger partial charge < -0.3 is 27.5 Å². The molecule has 0 aliphatic rings. The van der Waals surface area contributed by atoms with E-state index in [1.165, 1.54) is 28.4 Å². The Morgan fingerprint density at radius 1 is 0.737 bits per heavy atom. The van der Waals surface area contributed by atoms with Gasteiger partial charge in [0.15, 0.2) is 0 Å². The Morgan fingerprint density at radius 3 is 1.05 bits per heavy atom. The zero-order valence-electron chi connectivity index (χ0n) is 12.1. The first-order valence-electron chi connectivity index (χ1n) is 4.52. The summed E-state index contributed by atoms with van der Waals surface area (Å²) < 4.78 is 40.9. The molecule has 0 saturated carbocycles. The van der Waals surface area contributed by atoms with Gasteiger partial charge in [0.25, 0.3) is 0 Å². The lowest BCUT2D eigenvalue weighted by atomic mass is 11.8. The van der Waals surface area contributed by atoms with Gasteiger partial charge in [-0.05, 0) is 0 Å². The first kappa shape index (κ1) is 24.6. The minimum Gasteiger partial charge on any atom is -0.328 e. The van der Waals surface area contributed by atoms with E-state index in [4.69, 9.17) is 4.89 Å². The van der Waals surface area contributed by atoms with Gasteiger partial charge in [-0.25, -0.2) is 0 Å². The van der Waals surface area contributed by atoms with Crippen LogP contribution in [0.5, 0.6) is 0 Å². The van der Waals surface area contributed by atoms with Crippen molar-refractivity contribution in [1.82, 2.24) is 0 Å². The molecule has 0 aliphatic heterocycles. The van der Waals surface area contributed by atoms with Crippen molar-refractivity contribution < 1.29 is 41.1 Å². The van der Waals surface area contributed by atoms with Crippen LogP contribution in [0.1, 0.15) is 0 Å². The predicted molar refractivity (Wildman–Crippen MR) is 72.7 cm³/mol. The molecular weight excluding hydrogens is 321 g/mol. The topological polar surface area (TPSA) is 102 Å². The summed E-state index contributed by atoms with van der Waals surface area (Å²) in [5, 5.41) is 0. The third-order valence-corrected chi connectivity index (χ3v) is 3.17. The van der Waals surface area contributed by atoms with Gasteiger partial charge in [0.05, 0.1) is 14.2 Å². The average Bonchev–Trinajstić information content (AvgIpc) is 2.48. The second-order valence-electron chi connectivity index (χ2n) is 1.96. The van der Waals surface area contributed by atoms with Crippen molar-refractivity contribution in [2.24, 2.45) is 0 Å². The summed E-state index contributed by atoms with van der Waals surface area (Å²) in [7, 11) is 5.58. The van der Waals surface area contributed by atoms with Crippen LogP contribution in [-0.4, -0.2) is 54.7 Å². The summed E-state index contributed by atoms with van der Waals surface area (Å²) in [5.41, 5.74) is 0. The van der Waals surface area contributed by atoms with Crippen molar-refractivity contribution in [2.75, 3.05) is 49.8 Å². The van der Waals surface area contributed by atoms with Gasteiger partial charge in [0, 0.05) is 40.1 Å². The van der Waals surface area contributed by atoms with E-state index in [9.17, 15) is 4.57 Å². The Morgan fingerprint density at radius 2 is 1.05 bits per heavy atom. The highest BCUT2D eigenvalue weighted by molar-refractivity contribution is 7.41. The molecular formula is C7H22O9P3+. The Bertz CT molecular complexity index is 166. The van der Waals surface area contributed by atoms with Crippen LogP contribution in [0.4, 0.5) is 0 Å². The van der Waals surface area contributed by atoms with E-state index in [1.54, 1.807) is 21.3 Å². The van der Waals surface area contributed by atoms with Gasteiger partial charge in [-0.15, -0.1) is 9.05 Å². The quantitative estimate of drug-likeness (QED) is 0.699. The van der Waals surface area contributed by atoms with Crippen molar-refractivity contribution in [3.63, 3.8) is 0 Å². The minimum atomic E-state index is -1.83. The smallest absolute Gasteiger partial charge is 0.328 e. The average molecular weight is 343 g/mol. The van der Waals surface area contributed by atoms with E-state index in [1.807, 2.05) is 0 Å². The molecule has 9 nitrogen and oxygen atoms in total. The van der Waals surface area contributed by atoms with Gasteiger partial charge in [0.1, 0.15) is 0 Å². The maximum absolute atomic E-state index is 9.88. The fourth-order valence-corrected chi connectivity index (χ4v) is 1.12. The molecule has 0 fully saturated rings. The summed E-state index contributed by atoms with van der Waals surface area (Å²) in [6.45, 7) is 0. The zero-order valence-corrected chi connectivity index (χ0v) is 14.7. The van der Waals surface area contributed by atoms with Crippen molar-refractivity contribution in [1.29, 1.82) is 0 Å². The molecule has 1 N–H and O–H groups in total. The molecule has 0 unspecified atom stereocenters. The largest absolute Gasteiger partial charge is 0.696 e. The molecule has 118 valence electrons. The Labute approximate surface area is 117 Å². The molecule has 0 atom stereocenters. The SMILES string of the molecule is COP(O)OC.COP(OC)OC.CO[P+](=O)OC. The first-order valence-corrected chi connectivity index (χ1v) is 7.84. The standard InChI is InChI=1S/C3H9O3P.C2H7O3P.C2H6O3P/c1-4-7(5-2)6-3;2*1-4-6(3)5-2/h1-3H3;3H,1-2H3;1-2H3/q;;+1. The fraction of sp³-hybridized carbons (Fsp3) is 1.00. The predicted octanol–water partition coefficient (Wildman–Crippen LogP) is 2.59. The van der Waals surface area contributed by atoms with Crippen LogP contribution in [0.25, 0.3) is 0 Å². The maximum atomic E-state index is 9.88. The summed E-state index contributed by atoms with van der Waals surface area (Å²) >= 11 is 0. The molecule has 0 spiro atoms. The van der Waals surface area contributed by atoms with Crippen molar-refractivity contribution in [3.05, 3.63) is 0 Å². The third-order valence-electron chi connectivity index (χ3n) is 1.06. The van der Waals surface area contributed by atoms with Crippen molar-refractivity contribution in [3.8, 4) is 0 Å².